The van der Waals surface area contributed by atoms with Crippen LogP contribution in [0.2, 0.25) is 0 Å². The lowest BCUT2D eigenvalue weighted by molar-refractivity contribution is 1.05. The molecule has 6 nitrogen and oxygen atoms in total. The number of hydrogen-bond acceptors (Lipinski definition) is 6. The molecule has 6 heteroatoms. The average Bonchev–Trinajstić information content (AvgIpc) is 3.74. The van der Waals surface area contributed by atoms with Crippen molar-refractivity contribution >= 4 is 21.7 Å². The van der Waals surface area contributed by atoms with Gasteiger partial charge in [0.05, 0.1) is 21.9 Å². The molecule has 0 N–H and O–H groups in total. The summed E-state index contributed by atoms with van der Waals surface area (Å²) in [6, 6.07) is 58.3. The lowest BCUT2D eigenvalue weighted by atomic mass is 9.95. The van der Waals surface area contributed by atoms with Crippen LogP contribution < -0.4 is 10.7 Å². The highest BCUT2D eigenvalue weighted by Gasteiger charge is 2.21. The lowest BCUT2D eigenvalue weighted by Gasteiger charge is -2.14. The molecule has 0 amide bonds. The van der Waals surface area contributed by atoms with Crippen molar-refractivity contribution in [2.24, 2.45) is 9.98 Å². The monoisotopic (exact) mass is 678 g/mol. The third kappa shape index (κ3) is 5.54. The van der Waals surface area contributed by atoms with Gasteiger partial charge in [0.1, 0.15) is 6.67 Å². The highest BCUT2D eigenvalue weighted by Crippen LogP contribution is 2.35. The molecule has 9 aromatic rings. The van der Waals surface area contributed by atoms with Crippen LogP contribution in [0.3, 0.4) is 0 Å². The maximum Gasteiger partial charge on any atom is 0.166 e. The van der Waals surface area contributed by atoms with Gasteiger partial charge in [-0.2, -0.15) is 0 Å². The molecule has 0 bridgehead atoms. The Morgan fingerprint density at radius 2 is 0.830 bits per heavy atom. The number of pyridine rings is 1. The molecule has 0 saturated carbocycles. The van der Waals surface area contributed by atoms with Crippen molar-refractivity contribution in [3.63, 3.8) is 0 Å². The number of nitrogens with zero attached hydrogens (tertiary/aromatic N) is 6. The van der Waals surface area contributed by atoms with Crippen LogP contribution in [-0.4, -0.2) is 26.6 Å². The molecule has 53 heavy (non-hydrogen) atoms. The Labute approximate surface area is 305 Å². The van der Waals surface area contributed by atoms with E-state index in [1.54, 1.807) is 0 Å². The third-order valence-corrected chi connectivity index (χ3v) is 9.75. The fourth-order valence-corrected chi connectivity index (χ4v) is 7.25. The molecular formula is C47H30N6. The Bertz CT molecular complexity index is 2890. The van der Waals surface area contributed by atoms with Crippen molar-refractivity contribution in [3.05, 3.63) is 181 Å². The highest BCUT2D eigenvalue weighted by molar-refractivity contribution is 6.11. The molecular weight excluding hydrogens is 649 g/mol. The zero-order chi connectivity index (χ0) is 35.1. The van der Waals surface area contributed by atoms with Crippen molar-refractivity contribution in [1.82, 2.24) is 19.9 Å². The molecule has 0 unspecified atom stereocenters. The van der Waals surface area contributed by atoms with Crippen LogP contribution in [0, 0.1) is 0 Å². The number of benzene rings is 7. The summed E-state index contributed by atoms with van der Waals surface area (Å²) in [6.07, 6.45) is 0. The van der Waals surface area contributed by atoms with E-state index in [4.69, 9.17) is 29.9 Å². The van der Waals surface area contributed by atoms with E-state index in [0.717, 1.165) is 82.6 Å². The molecule has 0 radical (unpaired) electrons. The maximum atomic E-state index is 5.27. The van der Waals surface area contributed by atoms with Gasteiger partial charge in [-0.25, -0.2) is 19.9 Å². The van der Waals surface area contributed by atoms with E-state index < -0.39 is 0 Å². The van der Waals surface area contributed by atoms with Crippen LogP contribution in [0.15, 0.2) is 180 Å². The van der Waals surface area contributed by atoms with E-state index >= 15 is 0 Å². The number of fused-ring (bicyclic) bond motifs is 5. The van der Waals surface area contributed by atoms with Gasteiger partial charge in [0, 0.05) is 38.4 Å². The summed E-state index contributed by atoms with van der Waals surface area (Å²) in [7, 11) is 0. The van der Waals surface area contributed by atoms with E-state index in [2.05, 4.69) is 103 Å². The summed E-state index contributed by atoms with van der Waals surface area (Å²) >= 11 is 0. The van der Waals surface area contributed by atoms with Crippen molar-refractivity contribution in [1.29, 1.82) is 0 Å². The SMILES string of the molecule is c1ccc(-c2cc(-c3ccccc3)cc(-c3nc(-c4ccccc4)nc(-c4cc5c(-c6ccccc6)nc6ccccc6c5c5c4=NCN=5)n3)c2)cc1. The number of aromatic nitrogens is 4. The molecule has 0 spiro atoms. The van der Waals surface area contributed by atoms with E-state index in [1.807, 2.05) is 66.7 Å². The summed E-state index contributed by atoms with van der Waals surface area (Å²) in [5.74, 6) is 1.69. The Morgan fingerprint density at radius 1 is 0.340 bits per heavy atom. The fourth-order valence-electron chi connectivity index (χ4n) is 7.25. The minimum atomic E-state index is 0.335. The quantitative estimate of drug-likeness (QED) is 0.164. The molecule has 0 saturated heterocycles. The zero-order valence-corrected chi connectivity index (χ0v) is 28.6. The second-order valence-electron chi connectivity index (χ2n) is 13.0. The lowest BCUT2D eigenvalue weighted by Crippen LogP contribution is -2.26. The van der Waals surface area contributed by atoms with Gasteiger partial charge in [-0.3, -0.25) is 9.98 Å². The van der Waals surface area contributed by atoms with Gasteiger partial charge in [0.2, 0.25) is 0 Å². The highest BCUT2D eigenvalue weighted by atomic mass is 15.0. The first-order valence-electron chi connectivity index (χ1n) is 17.6. The molecule has 0 fully saturated rings. The number of rotatable bonds is 6. The van der Waals surface area contributed by atoms with Crippen LogP contribution in [0.25, 0.3) is 89.4 Å². The van der Waals surface area contributed by atoms with Gasteiger partial charge in [-0.15, -0.1) is 0 Å². The van der Waals surface area contributed by atoms with Gasteiger partial charge in [-0.05, 0) is 52.6 Å². The molecule has 0 aliphatic carbocycles. The van der Waals surface area contributed by atoms with Crippen molar-refractivity contribution in [2.45, 2.75) is 0 Å². The van der Waals surface area contributed by atoms with Gasteiger partial charge in [0.25, 0.3) is 0 Å². The summed E-state index contributed by atoms with van der Waals surface area (Å²) in [5.41, 5.74) is 9.80. The molecule has 10 rings (SSSR count). The third-order valence-electron chi connectivity index (χ3n) is 9.75. The minimum Gasteiger partial charge on any atom is -0.259 e. The van der Waals surface area contributed by atoms with Crippen molar-refractivity contribution in [3.8, 4) is 67.7 Å². The number of hydrogen-bond donors (Lipinski definition) is 0. The molecule has 7 aromatic carbocycles. The first-order chi connectivity index (χ1) is 26.3. The summed E-state index contributed by atoms with van der Waals surface area (Å²) < 4.78 is 0. The normalized spacial score (nSPS) is 12.0. The second-order valence-corrected chi connectivity index (χ2v) is 13.0. The van der Waals surface area contributed by atoms with Gasteiger partial charge < -0.3 is 0 Å². The Balaban J connectivity index is 1.27. The maximum absolute atomic E-state index is 5.27. The molecule has 1 aliphatic heterocycles. The van der Waals surface area contributed by atoms with E-state index in [-0.39, 0.29) is 0 Å². The van der Waals surface area contributed by atoms with Crippen LogP contribution in [-0.2, 0) is 0 Å². The first-order valence-corrected chi connectivity index (χ1v) is 17.6. The van der Waals surface area contributed by atoms with Crippen LogP contribution in [0.5, 0.6) is 0 Å². The zero-order valence-electron chi connectivity index (χ0n) is 28.6. The smallest absolute Gasteiger partial charge is 0.166 e. The van der Waals surface area contributed by atoms with Crippen molar-refractivity contribution in [2.75, 3.05) is 6.67 Å². The summed E-state index contributed by atoms with van der Waals surface area (Å²) in [5, 5.41) is 4.68. The number of para-hydroxylation sites is 1. The molecule has 2 aromatic heterocycles. The topological polar surface area (TPSA) is 76.3 Å². The van der Waals surface area contributed by atoms with Gasteiger partial charge in [-0.1, -0.05) is 140 Å². The molecule has 3 heterocycles. The Kier molecular flexibility index (Phi) is 7.43. The molecule has 248 valence electrons. The van der Waals surface area contributed by atoms with E-state index in [0.29, 0.717) is 24.1 Å². The van der Waals surface area contributed by atoms with Gasteiger partial charge in [0.15, 0.2) is 17.5 Å². The van der Waals surface area contributed by atoms with Crippen LogP contribution >= 0.6 is 0 Å². The average molecular weight is 679 g/mol. The first kappa shape index (κ1) is 30.6. The second kappa shape index (κ2) is 12.9. The van der Waals surface area contributed by atoms with E-state index in [9.17, 15) is 0 Å². The Hall–Kier alpha value is -7.18. The summed E-state index contributed by atoms with van der Waals surface area (Å²) in [4.78, 5) is 30.7. The standard InChI is InChI=1S/C47H30N6/c1-5-15-30(16-6-1)34-25-35(31-17-7-2-8-18-31)27-36(26-34)46-51-45(33-21-11-4-12-22-33)52-47(53-46)39-28-38-41(44-43(39)48-29-49-44)37-23-13-14-24-40(37)50-42(38)32-19-9-3-10-20-32/h1-28H,29H2. The predicted molar refractivity (Wildman–Crippen MR) is 212 cm³/mol. The minimum absolute atomic E-state index is 0.335. The van der Waals surface area contributed by atoms with Crippen LogP contribution in [0.1, 0.15) is 0 Å². The van der Waals surface area contributed by atoms with Crippen LogP contribution in [0.4, 0.5) is 0 Å². The summed E-state index contributed by atoms with van der Waals surface area (Å²) in [6.45, 7) is 0.335. The van der Waals surface area contributed by atoms with E-state index in [1.165, 1.54) is 0 Å². The molecule has 0 atom stereocenters. The fraction of sp³-hybridized carbons (Fsp3) is 0.0213. The van der Waals surface area contributed by atoms with Crippen molar-refractivity contribution < 1.29 is 0 Å². The van der Waals surface area contributed by atoms with Gasteiger partial charge >= 0.3 is 0 Å². The largest absolute Gasteiger partial charge is 0.259 e. The predicted octanol–water partition coefficient (Wildman–Crippen LogP) is 9.79. The Morgan fingerprint density at radius 3 is 1.47 bits per heavy atom. The molecule has 1 aliphatic rings.